The number of allylic oxidation sites excluding steroid dienone is 4. The average Bonchev–Trinajstić information content (AvgIpc) is 3.37. The number of hydrogen-bond donors (Lipinski definition) is 0. The number of halogens is 3. The van der Waals surface area contributed by atoms with Gasteiger partial charge >= 0.3 is 256 Å². The Morgan fingerprint density at radius 1 is 0.535 bits per heavy atom. The van der Waals surface area contributed by atoms with Crippen LogP contribution in [0.4, 0.5) is 0 Å². The second-order valence-corrected chi connectivity index (χ2v) is 18.4. The fraction of sp³-hybridized carbons (Fsp3) is 0.263. The van der Waals surface area contributed by atoms with Crippen molar-refractivity contribution in [2.24, 2.45) is 0 Å². The van der Waals surface area contributed by atoms with Crippen LogP contribution in [0.2, 0.25) is 3.34 Å². The van der Waals surface area contributed by atoms with Crippen LogP contribution in [0.1, 0.15) is 81.5 Å². The van der Waals surface area contributed by atoms with Gasteiger partial charge in [-0.15, -0.1) is 0 Å². The summed E-state index contributed by atoms with van der Waals surface area (Å²) in [5, 5.41) is 4.45. The van der Waals surface area contributed by atoms with Gasteiger partial charge in [0.1, 0.15) is 0 Å². The Kier molecular flexibility index (Phi) is 13.4. The third kappa shape index (κ3) is 7.19. The maximum Gasteiger partial charge on any atom is -1.00 e. The molecular weight excluding hydrogens is 639 g/mol. The van der Waals surface area contributed by atoms with Gasteiger partial charge in [0, 0.05) is 0 Å². The van der Waals surface area contributed by atoms with Crippen molar-refractivity contribution in [2.75, 3.05) is 0 Å². The predicted molar refractivity (Wildman–Crippen MR) is 173 cm³/mol. The van der Waals surface area contributed by atoms with E-state index in [1.54, 1.807) is 0 Å². The molecule has 43 heavy (non-hydrogen) atoms. The summed E-state index contributed by atoms with van der Waals surface area (Å²) in [5.74, 6) is 1.41. The van der Waals surface area contributed by atoms with Crippen molar-refractivity contribution >= 4 is 29.2 Å². The predicted octanol–water partition coefficient (Wildman–Crippen LogP) is -0.563. The second-order valence-electron chi connectivity index (χ2n) is 12.3. The van der Waals surface area contributed by atoms with Crippen molar-refractivity contribution in [3.05, 3.63) is 144 Å². The molecule has 222 valence electrons. The Balaban J connectivity index is 0.00000215. The van der Waals surface area contributed by atoms with Crippen LogP contribution in [0.15, 0.2) is 121 Å². The van der Waals surface area contributed by atoms with Crippen LogP contribution in [0, 0.1) is 0 Å². The van der Waals surface area contributed by atoms with Crippen molar-refractivity contribution < 1.29 is 57.7 Å². The van der Waals surface area contributed by atoms with E-state index in [1.807, 2.05) is 0 Å². The van der Waals surface area contributed by atoms with E-state index < -0.39 is 8.07 Å². The smallest absolute Gasteiger partial charge is 1.00 e. The van der Waals surface area contributed by atoms with Crippen LogP contribution in [0.5, 0.6) is 0 Å². The van der Waals surface area contributed by atoms with Crippen molar-refractivity contribution in [3.8, 4) is 0 Å². The molecule has 1 unspecified atom stereocenters. The van der Waals surface area contributed by atoms with Gasteiger partial charge in [0.05, 0.1) is 0 Å². The first-order chi connectivity index (χ1) is 19.2. The largest absolute Gasteiger partial charge is 1.00 e. The summed E-state index contributed by atoms with van der Waals surface area (Å²) in [6.45, 7) is 13.9. The SMILES string of the molecule is CC(C)c1cccc([Si](c2cccc(C(C)C)c2)(c2cccc(C(C)C)c2)[C]2([Ti+3])C=CC(c3ccccc3)=C2)c1.[Cl-].[Cl-].[Cl-]. The zero-order valence-electron chi connectivity index (χ0n) is 25.9. The zero-order valence-corrected chi connectivity index (χ0v) is 30.7. The fourth-order valence-electron chi connectivity index (χ4n) is 6.22. The molecule has 0 N–H and O–H groups in total. The van der Waals surface area contributed by atoms with E-state index in [1.165, 1.54) is 43.4 Å². The molecule has 4 aromatic carbocycles. The molecule has 1 aliphatic rings. The summed E-state index contributed by atoms with van der Waals surface area (Å²) in [4.78, 5) is 0. The van der Waals surface area contributed by atoms with E-state index in [2.05, 4.69) is 183 Å². The van der Waals surface area contributed by atoms with Gasteiger partial charge in [-0.1, -0.05) is 0 Å². The quantitative estimate of drug-likeness (QED) is 0.173. The molecular formula is C38H41Cl3SiTi. The Labute approximate surface area is 291 Å². The first-order valence-corrected chi connectivity index (χ1v) is 17.5. The van der Waals surface area contributed by atoms with Crippen molar-refractivity contribution in [3.63, 3.8) is 0 Å². The zero-order chi connectivity index (χ0) is 28.5. The van der Waals surface area contributed by atoms with Crippen LogP contribution < -0.4 is 52.8 Å². The van der Waals surface area contributed by atoms with E-state index in [-0.39, 0.29) is 40.6 Å². The molecule has 0 aliphatic heterocycles. The fourth-order valence-corrected chi connectivity index (χ4v) is 13.9. The molecule has 0 aromatic heterocycles. The monoisotopic (exact) mass is 678 g/mol. The molecule has 1 atom stereocenters. The summed E-state index contributed by atoms with van der Waals surface area (Å²) in [6.07, 6.45) is 7.48. The molecule has 0 heterocycles. The van der Waals surface area contributed by atoms with Crippen LogP contribution in [0.25, 0.3) is 5.57 Å². The van der Waals surface area contributed by atoms with E-state index in [4.69, 9.17) is 0 Å². The molecule has 1 aliphatic carbocycles. The molecule has 0 saturated heterocycles. The van der Waals surface area contributed by atoms with E-state index >= 15 is 0 Å². The Hall–Kier alpha value is -1.84. The van der Waals surface area contributed by atoms with Gasteiger partial charge in [0.25, 0.3) is 0 Å². The van der Waals surface area contributed by atoms with Gasteiger partial charge in [-0.05, 0) is 0 Å². The standard InChI is InChI=1S/C38H41Si.3ClH.Ti/c1-27(2)31-15-10-18-35(23-31)39(36-19-11-16-32(24-36)28(3)4,37-20-12-17-33(25-37)29(5)6)38-22-21-34(26-38)30-13-8-7-9-14-30;;;;/h7-29H,1-6H3;3*1H;/q;;;;+3/p-3. The Morgan fingerprint density at radius 2 is 0.930 bits per heavy atom. The maximum atomic E-state index is 2.58. The molecule has 0 nitrogen and oxygen atoms in total. The normalized spacial score (nSPS) is 16.0. The van der Waals surface area contributed by atoms with E-state index in [0.717, 1.165) is 0 Å². The van der Waals surface area contributed by atoms with Crippen LogP contribution in [-0.2, 0) is 20.4 Å². The van der Waals surface area contributed by atoms with Crippen molar-refractivity contribution in [1.29, 1.82) is 0 Å². The van der Waals surface area contributed by atoms with Crippen molar-refractivity contribution in [1.82, 2.24) is 0 Å². The minimum Gasteiger partial charge on any atom is -1.00 e. The van der Waals surface area contributed by atoms with Gasteiger partial charge < -0.3 is 37.2 Å². The Morgan fingerprint density at radius 3 is 1.30 bits per heavy atom. The summed E-state index contributed by atoms with van der Waals surface area (Å²) in [6, 6.07) is 39.6. The van der Waals surface area contributed by atoms with Crippen LogP contribution in [0.3, 0.4) is 0 Å². The molecule has 0 saturated carbocycles. The Bertz CT molecular complexity index is 1430. The molecule has 4 aromatic rings. The summed E-state index contributed by atoms with van der Waals surface area (Å²) >= 11 is 2.50. The van der Waals surface area contributed by atoms with E-state index in [0.29, 0.717) is 17.8 Å². The number of benzene rings is 4. The molecule has 0 spiro atoms. The number of hydrogen-bond acceptors (Lipinski definition) is 0. The van der Waals surface area contributed by atoms with Gasteiger partial charge in [0.2, 0.25) is 0 Å². The summed E-state index contributed by atoms with van der Waals surface area (Å²) in [7, 11) is -2.68. The molecule has 0 radical (unpaired) electrons. The minimum absolute atomic E-state index is 0. The first kappa shape index (κ1) is 37.3. The van der Waals surface area contributed by atoms with Crippen molar-refractivity contribution in [2.45, 2.75) is 62.6 Å². The van der Waals surface area contributed by atoms with Gasteiger partial charge in [-0.25, -0.2) is 0 Å². The minimum atomic E-state index is -2.68. The topological polar surface area (TPSA) is 0 Å². The molecule has 0 fully saturated rings. The number of rotatable bonds is 8. The van der Waals surface area contributed by atoms with Gasteiger partial charge in [0.15, 0.2) is 0 Å². The van der Waals surface area contributed by atoms with Crippen LogP contribution >= 0.6 is 0 Å². The summed E-state index contributed by atoms with van der Waals surface area (Å²) < 4.78 is -0.168. The summed E-state index contributed by atoms with van der Waals surface area (Å²) in [5.41, 5.74) is 6.83. The second kappa shape index (κ2) is 15.4. The van der Waals surface area contributed by atoms with Gasteiger partial charge in [-0.2, -0.15) is 0 Å². The molecule has 5 heteroatoms. The molecule has 0 amide bonds. The third-order valence-electron chi connectivity index (χ3n) is 8.60. The van der Waals surface area contributed by atoms with E-state index in [9.17, 15) is 0 Å². The molecule has 5 rings (SSSR count). The molecule has 0 bridgehead atoms. The first-order valence-electron chi connectivity index (χ1n) is 14.7. The average molecular weight is 680 g/mol. The third-order valence-corrected chi connectivity index (χ3v) is 15.9. The van der Waals surface area contributed by atoms with Gasteiger partial charge in [-0.3, -0.25) is 0 Å². The maximum absolute atomic E-state index is 2.68. The van der Waals surface area contributed by atoms with Crippen LogP contribution in [-0.4, -0.2) is 8.07 Å².